The molecule has 2 aromatic rings. The van der Waals surface area contributed by atoms with Gasteiger partial charge in [-0.3, -0.25) is 9.59 Å². The molecular weight excluding hydrogens is 470 g/mol. The van der Waals surface area contributed by atoms with Gasteiger partial charge in [0.2, 0.25) is 5.91 Å². The Bertz CT molecular complexity index is 1080. The average Bonchev–Trinajstić information content (AvgIpc) is 3.16. The van der Waals surface area contributed by atoms with Gasteiger partial charge in [-0.05, 0) is 69.5 Å². The number of ether oxygens (including phenoxy) is 1. The van der Waals surface area contributed by atoms with E-state index >= 15 is 0 Å². The fourth-order valence-electron chi connectivity index (χ4n) is 5.00. The molecule has 1 spiro atoms. The monoisotopic (exact) mass is 507 g/mol. The number of benzene rings is 2. The van der Waals surface area contributed by atoms with Crippen LogP contribution in [-0.4, -0.2) is 72.1 Å². The number of nitrogens with zero attached hydrogens (tertiary/aromatic N) is 3. The van der Waals surface area contributed by atoms with Crippen LogP contribution in [0.4, 0.5) is 16.2 Å². The number of rotatable bonds is 8. The highest BCUT2D eigenvalue weighted by Gasteiger charge is 2.54. The maximum atomic E-state index is 13.8. The van der Waals surface area contributed by atoms with E-state index in [1.807, 2.05) is 75.4 Å². The molecule has 1 unspecified atom stereocenters. The smallest absolute Gasteiger partial charge is 0.321 e. The van der Waals surface area contributed by atoms with Gasteiger partial charge in [0.25, 0.3) is 5.91 Å². The van der Waals surface area contributed by atoms with Gasteiger partial charge in [0, 0.05) is 30.5 Å². The summed E-state index contributed by atoms with van der Waals surface area (Å²) in [6.45, 7) is 7.71. The number of anilines is 2. The second kappa shape index (κ2) is 11.5. The van der Waals surface area contributed by atoms with Gasteiger partial charge in [-0.2, -0.15) is 0 Å². The highest BCUT2D eigenvalue weighted by Crippen LogP contribution is 2.39. The van der Waals surface area contributed by atoms with Crippen molar-refractivity contribution >= 4 is 29.2 Å². The molecule has 0 saturated carbocycles. The third-order valence-corrected chi connectivity index (χ3v) is 7.23. The first-order valence-corrected chi connectivity index (χ1v) is 13.1. The summed E-state index contributed by atoms with van der Waals surface area (Å²) in [6.07, 6.45) is 1.80. The molecule has 0 aliphatic carbocycles. The summed E-state index contributed by atoms with van der Waals surface area (Å²) in [4.78, 5) is 44.9. The van der Waals surface area contributed by atoms with E-state index in [-0.39, 0.29) is 30.4 Å². The number of carbonyl (C=O) groups is 3. The van der Waals surface area contributed by atoms with E-state index in [1.54, 1.807) is 9.80 Å². The molecule has 9 heteroatoms. The summed E-state index contributed by atoms with van der Waals surface area (Å²) in [7, 11) is 0. The molecule has 0 radical (unpaired) electrons. The van der Waals surface area contributed by atoms with Crippen molar-refractivity contribution in [1.82, 2.24) is 15.1 Å². The Morgan fingerprint density at radius 1 is 1.03 bits per heavy atom. The predicted octanol–water partition coefficient (Wildman–Crippen LogP) is 3.67. The zero-order valence-corrected chi connectivity index (χ0v) is 21.9. The number of hydrogen-bond donors (Lipinski definition) is 2. The number of urea groups is 1. The summed E-state index contributed by atoms with van der Waals surface area (Å²) >= 11 is 0. The van der Waals surface area contributed by atoms with Gasteiger partial charge in [-0.1, -0.05) is 25.1 Å². The minimum Gasteiger partial charge on any atom is -0.494 e. The van der Waals surface area contributed by atoms with Crippen LogP contribution in [0, 0.1) is 0 Å². The van der Waals surface area contributed by atoms with Crippen molar-refractivity contribution in [2.75, 3.05) is 43.1 Å². The SMILES string of the molecule is CCOc1ccc(NC(=O)N2CCC3(CC2)C(=O)N(CC(=O)NC(C)CC)CN3c2ccccc2)cc1. The lowest BCUT2D eigenvalue weighted by Crippen LogP contribution is -2.58. The van der Waals surface area contributed by atoms with Crippen molar-refractivity contribution in [3.63, 3.8) is 0 Å². The molecule has 2 heterocycles. The molecule has 1 atom stereocenters. The van der Waals surface area contributed by atoms with Gasteiger partial charge < -0.3 is 30.1 Å². The Labute approximate surface area is 218 Å². The maximum Gasteiger partial charge on any atom is 0.321 e. The number of nitrogens with one attached hydrogen (secondary N) is 2. The molecule has 0 bridgehead atoms. The van der Waals surface area contributed by atoms with Crippen LogP contribution in [0.5, 0.6) is 5.75 Å². The fraction of sp³-hybridized carbons (Fsp3) is 0.464. The van der Waals surface area contributed by atoms with Gasteiger partial charge in [-0.25, -0.2) is 4.79 Å². The lowest BCUT2D eigenvalue weighted by atomic mass is 9.85. The molecule has 0 aromatic heterocycles. The second-order valence-electron chi connectivity index (χ2n) is 9.69. The molecule has 37 heavy (non-hydrogen) atoms. The van der Waals surface area contributed by atoms with E-state index in [4.69, 9.17) is 4.74 Å². The van der Waals surface area contributed by atoms with E-state index in [0.717, 1.165) is 17.9 Å². The maximum absolute atomic E-state index is 13.8. The normalized spacial score (nSPS) is 17.6. The molecule has 2 saturated heterocycles. The number of carbonyl (C=O) groups excluding carboxylic acids is 3. The van der Waals surface area contributed by atoms with Crippen LogP contribution < -0.4 is 20.3 Å². The zero-order chi connectivity index (χ0) is 26.4. The van der Waals surface area contributed by atoms with E-state index in [9.17, 15) is 14.4 Å². The highest BCUT2D eigenvalue weighted by molar-refractivity contribution is 5.97. The Balaban J connectivity index is 1.45. The molecule has 2 N–H and O–H groups in total. The van der Waals surface area contributed by atoms with Crippen molar-refractivity contribution < 1.29 is 19.1 Å². The Morgan fingerprint density at radius 3 is 2.32 bits per heavy atom. The standard InChI is InChI=1S/C28H37N5O4/c1-4-21(3)29-25(34)19-32-20-33(23-9-7-6-8-10-23)28(26(32)35)15-17-31(18-16-28)27(36)30-22-11-13-24(14-12-22)37-5-2/h6-14,21H,4-5,15-20H2,1-3H3,(H,29,34)(H,30,36). The number of likely N-dealkylation sites (tertiary alicyclic amines) is 1. The molecule has 2 aliphatic rings. The molecular formula is C28H37N5O4. The van der Waals surface area contributed by atoms with E-state index in [2.05, 4.69) is 15.5 Å². The fourth-order valence-corrected chi connectivity index (χ4v) is 5.00. The van der Waals surface area contributed by atoms with Crippen molar-refractivity contribution in [2.24, 2.45) is 0 Å². The minimum atomic E-state index is -0.784. The highest BCUT2D eigenvalue weighted by atomic mass is 16.5. The summed E-state index contributed by atoms with van der Waals surface area (Å²) in [6, 6.07) is 17.0. The largest absolute Gasteiger partial charge is 0.494 e. The molecule has 4 rings (SSSR count). The lowest BCUT2D eigenvalue weighted by molar-refractivity contribution is -0.137. The molecule has 2 aromatic carbocycles. The Kier molecular flexibility index (Phi) is 8.21. The van der Waals surface area contributed by atoms with Gasteiger partial charge in [0.05, 0.1) is 13.3 Å². The van der Waals surface area contributed by atoms with Crippen LogP contribution in [-0.2, 0) is 9.59 Å². The van der Waals surface area contributed by atoms with Gasteiger partial charge in [0.1, 0.15) is 17.8 Å². The van der Waals surface area contributed by atoms with E-state index < -0.39 is 5.54 Å². The Morgan fingerprint density at radius 2 is 1.70 bits per heavy atom. The summed E-state index contributed by atoms with van der Waals surface area (Å²) in [5.74, 6) is 0.547. The summed E-state index contributed by atoms with van der Waals surface area (Å²) in [5, 5.41) is 5.90. The van der Waals surface area contributed by atoms with Gasteiger partial charge >= 0.3 is 6.03 Å². The molecule has 2 aliphatic heterocycles. The first-order chi connectivity index (χ1) is 17.9. The number of amides is 4. The van der Waals surface area contributed by atoms with Crippen molar-refractivity contribution in [2.45, 2.75) is 51.6 Å². The van der Waals surface area contributed by atoms with Crippen molar-refractivity contribution in [3.05, 3.63) is 54.6 Å². The lowest BCUT2D eigenvalue weighted by Gasteiger charge is -2.43. The molecule has 9 nitrogen and oxygen atoms in total. The van der Waals surface area contributed by atoms with Crippen LogP contribution in [0.25, 0.3) is 0 Å². The summed E-state index contributed by atoms with van der Waals surface area (Å²) < 4.78 is 5.46. The first-order valence-electron chi connectivity index (χ1n) is 13.1. The average molecular weight is 508 g/mol. The van der Waals surface area contributed by atoms with E-state index in [1.165, 1.54) is 0 Å². The van der Waals surface area contributed by atoms with E-state index in [0.29, 0.717) is 44.9 Å². The topological polar surface area (TPSA) is 94.2 Å². The second-order valence-corrected chi connectivity index (χ2v) is 9.69. The quantitative estimate of drug-likeness (QED) is 0.569. The first kappa shape index (κ1) is 26.3. The number of para-hydroxylation sites is 1. The summed E-state index contributed by atoms with van der Waals surface area (Å²) in [5.41, 5.74) is 0.844. The number of piperidine rings is 1. The van der Waals surface area contributed by atoms with Crippen LogP contribution in [0.15, 0.2) is 54.6 Å². The van der Waals surface area contributed by atoms with Crippen LogP contribution in [0.2, 0.25) is 0 Å². The number of hydrogen-bond acceptors (Lipinski definition) is 5. The predicted molar refractivity (Wildman–Crippen MR) is 144 cm³/mol. The third-order valence-electron chi connectivity index (χ3n) is 7.23. The van der Waals surface area contributed by atoms with Crippen LogP contribution in [0.1, 0.15) is 40.0 Å². The zero-order valence-electron chi connectivity index (χ0n) is 21.9. The molecule has 198 valence electrons. The third kappa shape index (κ3) is 5.81. The van der Waals surface area contributed by atoms with Crippen LogP contribution >= 0.6 is 0 Å². The van der Waals surface area contributed by atoms with Gasteiger partial charge in [0.15, 0.2) is 0 Å². The molecule has 2 fully saturated rings. The van der Waals surface area contributed by atoms with Crippen molar-refractivity contribution in [1.29, 1.82) is 0 Å². The molecule has 4 amide bonds. The minimum absolute atomic E-state index is 0.0240. The van der Waals surface area contributed by atoms with Crippen LogP contribution in [0.3, 0.4) is 0 Å². The van der Waals surface area contributed by atoms with Gasteiger partial charge in [-0.15, -0.1) is 0 Å². The van der Waals surface area contributed by atoms with Crippen molar-refractivity contribution in [3.8, 4) is 5.75 Å². The Hall–Kier alpha value is -3.75.